The van der Waals surface area contributed by atoms with Gasteiger partial charge in [0.15, 0.2) is 0 Å². The van der Waals surface area contributed by atoms with Crippen LogP contribution in [0.15, 0.2) is 42.5 Å². The zero-order chi connectivity index (χ0) is 13.2. The van der Waals surface area contributed by atoms with Gasteiger partial charge in [0, 0.05) is 11.3 Å². The third kappa shape index (κ3) is 2.93. The summed E-state index contributed by atoms with van der Waals surface area (Å²) in [6, 6.07) is 15.1. The Bertz CT molecular complexity index is 566. The normalized spacial score (nSPS) is 24.7. The molecule has 1 aliphatic rings. The van der Waals surface area contributed by atoms with E-state index in [4.69, 9.17) is 16.3 Å². The van der Waals surface area contributed by atoms with Crippen molar-refractivity contribution >= 4 is 22.4 Å². The number of hydrogen-bond acceptors (Lipinski definition) is 1. The van der Waals surface area contributed by atoms with E-state index in [-0.39, 0.29) is 5.38 Å². The van der Waals surface area contributed by atoms with E-state index in [1.165, 1.54) is 16.3 Å². The molecule has 0 radical (unpaired) electrons. The molecule has 1 saturated heterocycles. The standard InChI is InChI=1S/C17H19ClO/c1-12-8-16(11-19-12)17(18)10-13-6-7-14-4-2-3-5-15(14)9-13/h2-7,9,12,16-17H,8,10-11H2,1H3. The monoisotopic (exact) mass is 274 g/mol. The molecular formula is C17H19ClO. The highest BCUT2D eigenvalue weighted by atomic mass is 35.5. The van der Waals surface area contributed by atoms with Gasteiger partial charge in [0.1, 0.15) is 0 Å². The molecule has 0 saturated carbocycles. The maximum atomic E-state index is 6.56. The lowest BCUT2D eigenvalue weighted by Crippen LogP contribution is -2.17. The molecule has 2 heteroatoms. The van der Waals surface area contributed by atoms with Crippen molar-refractivity contribution in [2.45, 2.75) is 31.2 Å². The molecule has 0 amide bonds. The van der Waals surface area contributed by atoms with E-state index in [1.54, 1.807) is 0 Å². The quantitative estimate of drug-likeness (QED) is 0.753. The van der Waals surface area contributed by atoms with Gasteiger partial charge < -0.3 is 4.74 Å². The minimum absolute atomic E-state index is 0.172. The van der Waals surface area contributed by atoms with Crippen molar-refractivity contribution in [2.24, 2.45) is 5.92 Å². The Kier molecular flexibility index (Phi) is 3.76. The van der Waals surface area contributed by atoms with Crippen molar-refractivity contribution in [1.29, 1.82) is 0 Å². The topological polar surface area (TPSA) is 9.23 Å². The lowest BCUT2D eigenvalue weighted by molar-refractivity contribution is 0.120. The number of halogens is 1. The molecule has 0 spiro atoms. The van der Waals surface area contributed by atoms with Gasteiger partial charge in [-0.1, -0.05) is 42.5 Å². The first-order valence-electron chi connectivity index (χ1n) is 6.96. The summed E-state index contributed by atoms with van der Waals surface area (Å²) in [6.07, 6.45) is 2.37. The molecular weight excluding hydrogens is 256 g/mol. The third-order valence-electron chi connectivity index (χ3n) is 3.99. The van der Waals surface area contributed by atoms with Gasteiger partial charge in [-0.3, -0.25) is 0 Å². The van der Waals surface area contributed by atoms with E-state index >= 15 is 0 Å². The first-order chi connectivity index (χ1) is 9.22. The first kappa shape index (κ1) is 13.0. The summed E-state index contributed by atoms with van der Waals surface area (Å²) in [7, 11) is 0. The molecule has 1 heterocycles. The fraction of sp³-hybridized carbons (Fsp3) is 0.412. The van der Waals surface area contributed by atoms with Gasteiger partial charge in [0.05, 0.1) is 12.7 Å². The van der Waals surface area contributed by atoms with Crippen LogP contribution in [-0.4, -0.2) is 18.1 Å². The molecule has 0 aromatic heterocycles. The predicted octanol–water partition coefficient (Wildman–Crippen LogP) is 4.41. The Hall–Kier alpha value is -1.05. The number of ether oxygens (including phenoxy) is 1. The Morgan fingerprint density at radius 1 is 1.21 bits per heavy atom. The molecule has 1 fully saturated rings. The highest BCUT2D eigenvalue weighted by Crippen LogP contribution is 2.28. The maximum absolute atomic E-state index is 6.56. The van der Waals surface area contributed by atoms with Gasteiger partial charge in [-0.25, -0.2) is 0 Å². The molecule has 19 heavy (non-hydrogen) atoms. The molecule has 0 bridgehead atoms. The van der Waals surface area contributed by atoms with Gasteiger partial charge in [-0.05, 0) is 36.1 Å². The number of rotatable bonds is 3. The molecule has 2 aromatic rings. The third-order valence-corrected chi connectivity index (χ3v) is 4.50. The second-order valence-corrected chi connectivity index (χ2v) is 6.10. The minimum atomic E-state index is 0.172. The SMILES string of the molecule is CC1CC(C(Cl)Cc2ccc3ccccc3c2)CO1. The van der Waals surface area contributed by atoms with Crippen LogP contribution in [0.3, 0.4) is 0 Å². The van der Waals surface area contributed by atoms with Crippen molar-refractivity contribution in [3.05, 3.63) is 48.0 Å². The van der Waals surface area contributed by atoms with Gasteiger partial charge >= 0.3 is 0 Å². The number of benzene rings is 2. The molecule has 3 rings (SSSR count). The van der Waals surface area contributed by atoms with Crippen LogP contribution >= 0.6 is 11.6 Å². The van der Waals surface area contributed by atoms with Crippen molar-refractivity contribution in [3.8, 4) is 0 Å². The molecule has 3 atom stereocenters. The zero-order valence-electron chi connectivity index (χ0n) is 11.2. The Morgan fingerprint density at radius 3 is 2.74 bits per heavy atom. The molecule has 1 aliphatic heterocycles. The van der Waals surface area contributed by atoms with E-state index < -0.39 is 0 Å². The Morgan fingerprint density at radius 2 is 2.00 bits per heavy atom. The predicted molar refractivity (Wildman–Crippen MR) is 80.8 cm³/mol. The van der Waals surface area contributed by atoms with E-state index in [2.05, 4.69) is 49.4 Å². The second-order valence-electron chi connectivity index (χ2n) is 5.54. The van der Waals surface area contributed by atoms with Gasteiger partial charge in [-0.2, -0.15) is 0 Å². The number of alkyl halides is 1. The fourth-order valence-electron chi connectivity index (χ4n) is 2.86. The summed E-state index contributed by atoms with van der Waals surface area (Å²) in [5.41, 5.74) is 1.32. The summed E-state index contributed by atoms with van der Waals surface area (Å²) >= 11 is 6.56. The summed E-state index contributed by atoms with van der Waals surface area (Å²) in [6.45, 7) is 2.93. The average molecular weight is 275 g/mol. The van der Waals surface area contributed by atoms with Crippen LogP contribution < -0.4 is 0 Å². The average Bonchev–Trinajstić information content (AvgIpc) is 2.85. The van der Waals surface area contributed by atoms with Crippen LogP contribution in [0.5, 0.6) is 0 Å². The van der Waals surface area contributed by atoms with Crippen LogP contribution in [0.25, 0.3) is 10.8 Å². The van der Waals surface area contributed by atoms with Gasteiger partial charge in [-0.15, -0.1) is 11.6 Å². The summed E-state index contributed by atoms with van der Waals surface area (Å²) < 4.78 is 5.61. The maximum Gasteiger partial charge on any atom is 0.0551 e. The molecule has 1 nitrogen and oxygen atoms in total. The van der Waals surface area contributed by atoms with E-state index in [0.717, 1.165) is 19.4 Å². The van der Waals surface area contributed by atoms with Crippen LogP contribution in [0, 0.1) is 5.92 Å². The van der Waals surface area contributed by atoms with Gasteiger partial charge in [0.2, 0.25) is 0 Å². The fourth-order valence-corrected chi connectivity index (χ4v) is 3.21. The smallest absolute Gasteiger partial charge is 0.0551 e. The Balaban J connectivity index is 1.74. The highest BCUT2D eigenvalue weighted by Gasteiger charge is 2.28. The van der Waals surface area contributed by atoms with Crippen molar-refractivity contribution in [1.82, 2.24) is 0 Å². The molecule has 2 aromatic carbocycles. The van der Waals surface area contributed by atoms with E-state index in [1.807, 2.05) is 0 Å². The highest BCUT2D eigenvalue weighted by molar-refractivity contribution is 6.21. The van der Waals surface area contributed by atoms with Crippen LogP contribution in [0.1, 0.15) is 18.9 Å². The van der Waals surface area contributed by atoms with Crippen LogP contribution in [0.2, 0.25) is 0 Å². The largest absolute Gasteiger partial charge is 0.378 e. The van der Waals surface area contributed by atoms with Crippen LogP contribution in [0.4, 0.5) is 0 Å². The first-order valence-corrected chi connectivity index (χ1v) is 7.39. The second kappa shape index (κ2) is 5.52. The zero-order valence-corrected chi connectivity index (χ0v) is 11.9. The molecule has 0 N–H and O–H groups in total. The minimum Gasteiger partial charge on any atom is -0.378 e. The van der Waals surface area contributed by atoms with Crippen molar-refractivity contribution < 1.29 is 4.74 Å². The van der Waals surface area contributed by atoms with E-state index in [0.29, 0.717) is 12.0 Å². The Labute approximate surface area is 119 Å². The molecule has 0 aliphatic carbocycles. The summed E-state index contributed by atoms with van der Waals surface area (Å²) in [5, 5.41) is 2.75. The lowest BCUT2D eigenvalue weighted by Gasteiger charge is -2.15. The van der Waals surface area contributed by atoms with Crippen molar-refractivity contribution in [2.75, 3.05) is 6.61 Å². The summed E-state index contributed by atoms with van der Waals surface area (Å²) in [4.78, 5) is 0. The lowest BCUT2D eigenvalue weighted by atomic mass is 9.95. The number of fused-ring (bicyclic) bond motifs is 1. The number of hydrogen-bond donors (Lipinski definition) is 0. The van der Waals surface area contributed by atoms with Crippen molar-refractivity contribution in [3.63, 3.8) is 0 Å². The van der Waals surface area contributed by atoms with Gasteiger partial charge in [0.25, 0.3) is 0 Å². The van der Waals surface area contributed by atoms with E-state index in [9.17, 15) is 0 Å². The summed E-state index contributed by atoms with van der Waals surface area (Å²) in [5.74, 6) is 0.489. The molecule has 3 unspecified atom stereocenters. The van der Waals surface area contributed by atoms with Crippen LogP contribution in [-0.2, 0) is 11.2 Å². The molecule has 100 valence electrons.